The lowest BCUT2D eigenvalue weighted by molar-refractivity contribution is 0.525. The summed E-state index contributed by atoms with van der Waals surface area (Å²) < 4.78 is 2.01. The number of nitrogen functional groups attached to an aromatic ring is 1. The SMILES string of the molecule is Nc1nc(Cl)nc2c1ncn2C1C=CCCC1. The summed E-state index contributed by atoms with van der Waals surface area (Å²) in [6.07, 6.45) is 9.52. The first-order valence-electron chi connectivity index (χ1n) is 5.58. The van der Waals surface area contributed by atoms with Crippen LogP contribution in [0.15, 0.2) is 18.5 Å². The molecule has 1 aliphatic rings. The molecule has 0 aromatic carbocycles. The van der Waals surface area contributed by atoms with Gasteiger partial charge in [0, 0.05) is 0 Å². The van der Waals surface area contributed by atoms with E-state index in [4.69, 9.17) is 17.3 Å². The van der Waals surface area contributed by atoms with Crippen LogP contribution in [-0.2, 0) is 0 Å². The maximum absolute atomic E-state index is 5.83. The van der Waals surface area contributed by atoms with E-state index in [-0.39, 0.29) is 5.28 Å². The van der Waals surface area contributed by atoms with E-state index >= 15 is 0 Å². The third-order valence-electron chi connectivity index (χ3n) is 3.01. The van der Waals surface area contributed by atoms with Gasteiger partial charge in [-0.3, -0.25) is 0 Å². The molecule has 0 amide bonds. The smallest absolute Gasteiger partial charge is 0.226 e. The van der Waals surface area contributed by atoms with Crippen molar-refractivity contribution in [2.45, 2.75) is 25.3 Å². The minimum atomic E-state index is 0.163. The van der Waals surface area contributed by atoms with Gasteiger partial charge >= 0.3 is 0 Å². The lowest BCUT2D eigenvalue weighted by atomic mass is 10.0. The lowest BCUT2D eigenvalue weighted by Gasteiger charge is -2.18. The predicted octanol–water partition coefficient (Wildman–Crippen LogP) is 2.34. The van der Waals surface area contributed by atoms with E-state index in [2.05, 4.69) is 27.1 Å². The highest BCUT2D eigenvalue weighted by atomic mass is 35.5. The summed E-state index contributed by atoms with van der Waals surface area (Å²) in [6.45, 7) is 0. The van der Waals surface area contributed by atoms with Gasteiger partial charge in [-0.25, -0.2) is 4.98 Å². The van der Waals surface area contributed by atoms with Crippen molar-refractivity contribution in [1.29, 1.82) is 0 Å². The number of imidazole rings is 1. The molecule has 0 radical (unpaired) electrons. The number of allylic oxidation sites excluding steroid dienone is 2. The highest BCUT2D eigenvalue weighted by Crippen LogP contribution is 2.27. The van der Waals surface area contributed by atoms with Crippen LogP contribution in [0.4, 0.5) is 5.82 Å². The van der Waals surface area contributed by atoms with Crippen molar-refractivity contribution >= 4 is 28.6 Å². The molecule has 88 valence electrons. The maximum atomic E-state index is 5.83. The number of rotatable bonds is 1. The fourth-order valence-electron chi connectivity index (χ4n) is 2.18. The van der Waals surface area contributed by atoms with Crippen molar-refractivity contribution in [3.05, 3.63) is 23.8 Å². The van der Waals surface area contributed by atoms with Gasteiger partial charge in [0.15, 0.2) is 11.5 Å². The standard InChI is InChI=1S/C11H12ClN5/c12-11-15-9(13)8-10(16-11)17(6-14-8)7-4-2-1-3-5-7/h2,4,6-7H,1,3,5H2,(H2,13,15,16). The van der Waals surface area contributed by atoms with Gasteiger partial charge in [-0.05, 0) is 30.9 Å². The molecule has 2 N–H and O–H groups in total. The van der Waals surface area contributed by atoms with Gasteiger partial charge < -0.3 is 10.3 Å². The van der Waals surface area contributed by atoms with Gasteiger partial charge in [-0.1, -0.05) is 12.2 Å². The molecule has 0 saturated carbocycles. The van der Waals surface area contributed by atoms with Gasteiger partial charge in [-0.15, -0.1) is 0 Å². The van der Waals surface area contributed by atoms with Gasteiger partial charge in [0.2, 0.25) is 5.28 Å². The molecular formula is C11H12ClN5. The minimum absolute atomic E-state index is 0.163. The van der Waals surface area contributed by atoms with E-state index in [1.165, 1.54) is 6.42 Å². The summed E-state index contributed by atoms with van der Waals surface area (Å²) in [5.41, 5.74) is 7.10. The third kappa shape index (κ3) is 1.76. The summed E-state index contributed by atoms with van der Waals surface area (Å²) in [5.74, 6) is 0.332. The van der Waals surface area contributed by atoms with Crippen molar-refractivity contribution in [2.24, 2.45) is 0 Å². The minimum Gasteiger partial charge on any atom is -0.382 e. The van der Waals surface area contributed by atoms with Gasteiger partial charge in [-0.2, -0.15) is 9.97 Å². The molecule has 17 heavy (non-hydrogen) atoms. The van der Waals surface area contributed by atoms with Crippen molar-refractivity contribution in [1.82, 2.24) is 19.5 Å². The quantitative estimate of drug-likeness (QED) is 0.622. The molecule has 5 nitrogen and oxygen atoms in total. The molecule has 1 aliphatic carbocycles. The second-order valence-electron chi connectivity index (χ2n) is 4.13. The second-order valence-corrected chi connectivity index (χ2v) is 4.47. The number of hydrogen-bond acceptors (Lipinski definition) is 4. The van der Waals surface area contributed by atoms with Crippen molar-refractivity contribution in [3.8, 4) is 0 Å². The van der Waals surface area contributed by atoms with Crippen LogP contribution >= 0.6 is 11.6 Å². The van der Waals surface area contributed by atoms with Gasteiger partial charge in [0.25, 0.3) is 0 Å². The molecule has 1 unspecified atom stereocenters. The lowest BCUT2D eigenvalue weighted by Crippen LogP contribution is -2.09. The summed E-state index contributed by atoms with van der Waals surface area (Å²) >= 11 is 5.83. The van der Waals surface area contributed by atoms with Crippen LogP contribution < -0.4 is 5.73 Å². The molecule has 1 atom stereocenters. The molecule has 2 aromatic heterocycles. The number of anilines is 1. The normalized spacial score (nSPS) is 19.9. The summed E-state index contributed by atoms with van der Waals surface area (Å²) in [5, 5.41) is 0.163. The van der Waals surface area contributed by atoms with E-state index in [0.29, 0.717) is 23.0 Å². The topological polar surface area (TPSA) is 69.6 Å². The molecule has 0 saturated heterocycles. The molecule has 0 bridgehead atoms. The molecule has 0 aliphatic heterocycles. The first-order chi connectivity index (χ1) is 8.25. The fourth-order valence-corrected chi connectivity index (χ4v) is 2.35. The second kappa shape index (κ2) is 4.00. The summed E-state index contributed by atoms with van der Waals surface area (Å²) in [4.78, 5) is 12.4. The Morgan fingerprint density at radius 2 is 2.29 bits per heavy atom. The van der Waals surface area contributed by atoms with Gasteiger partial charge in [0.05, 0.1) is 12.4 Å². The van der Waals surface area contributed by atoms with E-state index in [0.717, 1.165) is 12.8 Å². The Morgan fingerprint density at radius 3 is 3.06 bits per heavy atom. The van der Waals surface area contributed by atoms with Crippen molar-refractivity contribution in [3.63, 3.8) is 0 Å². The molecule has 3 rings (SSSR count). The van der Waals surface area contributed by atoms with Crippen molar-refractivity contribution < 1.29 is 0 Å². The number of nitrogens with two attached hydrogens (primary N) is 1. The highest BCUT2D eigenvalue weighted by molar-refractivity contribution is 6.28. The Labute approximate surface area is 103 Å². The largest absolute Gasteiger partial charge is 0.382 e. The molecule has 0 fully saturated rings. The highest BCUT2D eigenvalue weighted by Gasteiger charge is 2.16. The summed E-state index contributed by atoms with van der Waals surface area (Å²) in [7, 11) is 0. The van der Waals surface area contributed by atoms with Crippen LogP contribution in [-0.4, -0.2) is 19.5 Å². The fraction of sp³-hybridized carbons (Fsp3) is 0.364. The predicted molar refractivity (Wildman–Crippen MR) is 66.8 cm³/mol. The zero-order valence-corrected chi connectivity index (χ0v) is 9.93. The number of halogens is 1. The number of aromatic nitrogens is 4. The van der Waals surface area contributed by atoms with Crippen LogP contribution in [0.25, 0.3) is 11.2 Å². The van der Waals surface area contributed by atoms with Gasteiger partial charge in [0.1, 0.15) is 5.52 Å². The zero-order chi connectivity index (χ0) is 11.8. The Morgan fingerprint density at radius 1 is 1.41 bits per heavy atom. The van der Waals surface area contributed by atoms with E-state index < -0.39 is 0 Å². The molecule has 2 heterocycles. The molecule has 0 spiro atoms. The average molecular weight is 250 g/mol. The van der Waals surface area contributed by atoms with Crippen LogP contribution in [0.1, 0.15) is 25.3 Å². The Balaban J connectivity index is 2.17. The van der Waals surface area contributed by atoms with Crippen LogP contribution in [0.5, 0.6) is 0 Å². The van der Waals surface area contributed by atoms with Crippen molar-refractivity contribution in [2.75, 3.05) is 5.73 Å². The first kappa shape index (κ1) is 10.5. The van der Waals surface area contributed by atoms with E-state index in [1.54, 1.807) is 6.33 Å². The monoisotopic (exact) mass is 249 g/mol. The molecular weight excluding hydrogens is 238 g/mol. The third-order valence-corrected chi connectivity index (χ3v) is 3.18. The first-order valence-corrected chi connectivity index (χ1v) is 5.96. The summed E-state index contributed by atoms with van der Waals surface area (Å²) in [6, 6.07) is 0.291. The average Bonchev–Trinajstić information content (AvgIpc) is 2.74. The maximum Gasteiger partial charge on any atom is 0.226 e. The number of hydrogen-bond donors (Lipinski definition) is 1. The molecule has 2 aromatic rings. The van der Waals surface area contributed by atoms with E-state index in [1.807, 2.05) is 4.57 Å². The number of nitrogens with zero attached hydrogens (tertiary/aromatic N) is 4. The van der Waals surface area contributed by atoms with Crippen LogP contribution in [0, 0.1) is 0 Å². The number of fused-ring (bicyclic) bond motifs is 1. The Kier molecular flexibility index (Phi) is 2.48. The van der Waals surface area contributed by atoms with E-state index in [9.17, 15) is 0 Å². The van der Waals surface area contributed by atoms with Crippen LogP contribution in [0.3, 0.4) is 0 Å². The Bertz CT molecular complexity index is 589. The molecule has 6 heteroatoms. The zero-order valence-electron chi connectivity index (χ0n) is 9.17. The Hall–Kier alpha value is -1.62. The van der Waals surface area contributed by atoms with Crippen LogP contribution in [0.2, 0.25) is 5.28 Å².